The van der Waals surface area contributed by atoms with Crippen molar-refractivity contribution in [1.82, 2.24) is 4.98 Å². The highest BCUT2D eigenvalue weighted by Crippen LogP contribution is 2.32. The van der Waals surface area contributed by atoms with Crippen molar-refractivity contribution in [3.05, 3.63) is 83.9 Å². The van der Waals surface area contributed by atoms with E-state index in [1.54, 1.807) is 55.6 Å². The van der Waals surface area contributed by atoms with Gasteiger partial charge in [-0.1, -0.05) is 35.6 Å². The summed E-state index contributed by atoms with van der Waals surface area (Å²) in [5, 5.41) is 6.12. The maximum atomic E-state index is 12.5. The predicted octanol–water partition coefficient (Wildman–Crippen LogP) is 4.81. The number of methoxy groups -OCH3 is 1. The monoisotopic (exact) mass is 403 g/mol. The second kappa shape index (κ2) is 8.12. The first kappa shape index (κ1) is 18.6. The lowest BCUT2D eigenvalue weighted by molar-refractivity contribution is 0.102. The van der Waals surface area contributed by atoms with Gasteiger partial charge in [-0.15, -0.1) is 0 Å². The van der Waals surface area contributed by atoms with Crippen molar-refractivity contribution < 1.29 is 14.3 Å². The summed E-state index contributed by atoms with van der Waals surface area (Å²) in [5.74, 6) is 0.188. The van der Waals surface area contributed by atoms with Crippen molar-refractivity contribution in [2.24, 2.45) is 0 Å². The van der Waals surface area contributed by atoms with Gasteiger partial charge in [0.25, 0.3) is 11.8 Å². The Kier molecular flexibility index (Phi) is 5.22. The van der Waals surface area contributed by atoms with Gasteiger partial charge < -0.3 is 10.1 Å². The smallest absolute Gasteiger partial charge is 0.257 e. The Morgan fingerprint density at radius 3 is 2.24 bits per heavy atom. The van der Waals surface area contributed by atoms with Crippen LogP contribution in [0.3, 0.4) is 0 Å². The SMILES string of the molecule is COc1cccc2sc(NC(=O)c3ccc(NC(=O)c4ccccc4)cc3)nc12. The normalized spacial score (nSPS) is 10.5. The van der Waals surface area contributed by atoms with E-state index in [1.807, 2.05) is 24.3 Å². The third-order valence-corrected chi connectivity index (χ3v) is 5.20. The molecule has 0 saturated heterocycles. The zero-order valence-electron chi connectivity index (χ0n) is 15.5. The molecule has 6 nitrogen and oxygen atoms in total. The molecule has 0 aliphatic rings. The van der Waals surface area contributed by atoms with Crippen LogP contribution in [0.15, 0.2) is 72.8 Å². The van der Waals surface area contributed by atoms with Gasteiger partial charge in [0.1, 0.15) is 11.3 Å². The number of aromatic nitrogens is 1. The molecule has 0 aliphatic carbocycles. The Balaban J connectivity index is 1.45. The molecule has 0 aliphatic heterocycles. The van der Waals surface area contributed by atoms with Gasteiger partial charge in [-0.3, -0.25) is 14.9 Å². The summed E-state index contributed by atoms with van der Waals surface area (Å²) in [7, 11) is 1.59. The number of hydrogen-bond acceptors (Lipinski definition) is 5. The highest BCUT2D eigenvalue weighted by molar-refractivity contribution is 7.22. The Bertz CT molecular complexity index is 1170. The molecule has 0 radical (unpaired) electrons. The van der Waals surface area contributed by atoms with Gasteiger partial charge in [-0.2, -0.15) is 0 Å². The van der Waals surface area contributed by atoms with Crippen LogP contribution < -0.4 is 15.4 Å². The van der Waals surface area contributed by atoms with E-state index in [0.717, 1.165) is 4.70 Å². The van der Waals surface area contributed by atoms with Gasteiger partial charge in [0.15, 0.2) is 5.13 Å². The van der Waals surface area contributed by atoms with Gasteiger partial charge in [-0.05, 0) is 48.5 Å². The number of anilines is 2. The van der Waals surface area contributed by atoms with Gasteiger partial charge in [0.05, 0.1) is 11.8 Å². The fourth-order valence-electron chi connectivity index (χ4n) is 2.81. The van der Waals surface area contributed by atoms with E-state index in [0.29, 0.717) is 33.2 Å². The fourth-order valence-corrected chi connectivity index (χ4v) is 3.69. The number of hydrogen-bond donors (Lipinski definition) is 2. The quantitative estimate of drug-likeness (QED) is 0.501. The zero-order chi connectivity index (χ0) is 20.2. The first-order chi connectivity index (χ1) is 14.1. The minimum absolute atomic E-state index is 0.203. The molecule has 144 valence electrons. The van der Waals surface area contributed by atoms with Gasteiger partial charge in [-0.25, -0.2) is 4.98 Å². The van der Waals surface area contributed by atoms with Crippen molar-refractivity contribution in [2.45, 2.75) is 0 Å². The van der Waals surface area contributed by atoms with Crippen LogP contribution in [0.5, 0.6) is 5.75 Å². The highest BCUT2D eigenvalue weighted by atomic mass is 32.1. The zero-order valence-corrected chi connectivity index (χ0v) is 16.3. The van der Waals surface area contributed by atoms with E-state index in [2.05, 4.69) is 15.6 Å². The van der Waals surface area contributed by atoms with E-state index in [-0.39, 0.29) is 11.8 Å². The Morgan fingerprint density at radius 2 is 1.52 bits per heavy atom. The van der Waals surface area contributed by atoms with Crippen molar-refractivity contribution in [3.63, 3.8) is 0 Å². The first-order valence-corrected chi connectivity index (χ1v) is 9.67. The highest BCUT2D eigenvalue weighted by Gasteiger charge is 2.13. The lowest BCUT2D eigenvalue weighted by Crippen LogP contribution is -2.13. The van der Waals surface area contributed by atoms with Crippen LogP contribution in [-0.4, -0.2) is 23.9 Å². The number of carbonyl (C=O) groups is 2. The molecule has 29 heavy (non-hydrogen) atoms. The van der Waals surface area contributed by atoms with Crippen LogP contribution in [-0.2, 0) is 0 Å². The minimum atomic E-state index is -0.274. The Hall–Kier alpha value is -3.71. The van der Waals surface area contributed by atoms with E-state index in [1.165, 1.54) is 11.3 Å². The second-order valence-corrected chi connectivity index (χ2v) is 7.21. The number of thiazole rings is 1. The molecule has 0 bridgehead atoms. The number of amides is 2. The number of rotatable bonds is 5. The molecule has 3 aromatic carbocycles. The molecule has 2 amide bonds. The number of nitrogens with one attached hydrogen (secondary N) is 2. The number of benzene rings is 3. The number of fused-ring (bicyclic) bond motifs is 1. The molecular weight excluding hydrogens is 386 g/mol. The first-order valence-electron chi connectivity index (χ1n) is 8.85. The lowest BCUT2D eigenvalue weighted by atomic mass is 10.1. The van der Waals surface area contributed by atoms with Crippen LogP contribution in [0.1, 0.15) is 20.7 Å². The number of carbonyl (C=O) groups excluding carboxylic acids is 2. The molecule has 0 unspecified atom stereocenters. The summed E-state index contributed by atoms with van der Waals surface area (Å²) in [4.78, 5) is 29.2. The van der Waals surface area contributed by atoms with E-state index < -0.39 is 0 Å². The predicted molar refractivity (Wildman–Crippen MR) is 115 cm³/mol. The summed E-state index contributed by atoms with van der Waals surface area (Å²) < 4.78 is 6.23. The van der Waals surface area contributed by atoms with Crippen LogP contribution in [0.25, 0.3) is 10.2 Å². The van der Waals surface area contributed by atoms with E-state index in [4.69, 9.17) is 4.74 Å². The maximum Gasteiger partial charge on any atom is 0.257 e. The fraction of sp³-hybridized carbons (Fsp3) is 0.0455. The molecule has 1 heterocycles. The lowest BCUT2D eigenvalue weighted by Gasteiger charge is -2.06. The third kappa shape index (κ3) is 4.09. The Morgan fingerprint density at radius 1 is 0.828 bits per heavy atom. The standard InChI is InChI=1S/C22H17N3O3S/c1-28-17-8-5-9-18-19(17)24-22(29-18)25-21(27)15-10-12-16(13-11-15)23-20(26)14-6-3-2-4-7-14/h2-13H,1H3,(H,23,26)(H,24,25,27). The van der Waals surface area contributed by atoms with E-state index >= 15 is 0 Å². The third-order valence-electron chi connectivity index (χ3n) is 4.26. The van der Waals surface area contributed by atoms with Crippen LogP contribution in [0, 0.1) is 0 Å². The second-order valence-electron chi connectivity index (χ2n) is 6.18. The summed E-state index contributed by atoms with van der Waals surface area (Å²) in [6.07, 6.45) is 0. The molecular formula is C22H17N3O3S. The van der Waals surface area contributed by atoms with Gasteiger partial charge in [0.2, 0.25) is 0 Å². The molecule has 7 heteroatoms. The Labute approximate surface area is 171 Å². The van der Waals surface area contributed by atoms with Crippen molar-refractivity contribution in [2.75, 3.05) is 17.7 Å². The van der Waals surface area contributed by atoms with Gasteiger partial charge >= 0.3 is 0 Å². The average Bonchev–Trinajstić information content (AvgIpc) is 3.17. The molecule has 4 rings (SSSR count). The molecule has 0 atom stereocenters. The van der Waals surface area contributed by atoms with Crippen molar-refractivity contribution >= 4 is 44.2 Å². The van der Waals surface area contributed by atoms with Crippen LogP contribution in [0.2, 0.25) is 0 Å². The number of ether oxygens (including phenoxy) is 1. The molecule has 0 saturated carbocycles. The average molecular weight is 403 g/mol. The topological polar surface area (TPSA) is 80.3 Å². The largest absolute Gasteiger partial charge is 0.494 e. The molecule has 0 spiro atoms. The summed E-state index contributed by atoms with van der Waals surface area (Å²) >= 11 is 1.38. The molecule has 4 aromatic rings. The number of nitrogens with zero attached hydrogens (tertiary/aromatic N) is 1. The summed E-state index contributed by atoms with van der Waals surface area (Å²) in [5.41, 5.74) is 2.36. The molecule has 1 aromatic heterocycles. The molecule has 0 fully saturated rings. The summed E-state index contributed by atoms with van der Waals surface area (Å²) in [6, 6.07) is 21.3. The van der Waals surface area contributed by atoms with Crippen molar-refractivity contribution in [3.8, 4) is 5.75 Å². The van der Waals surface area contributed by atoms with Crippen LogP contribution in [0.4, 0.5) is 10.8 Å². The van der Waals surface area contributed by atoms with Gasteiger partial charge in [0, 0.05) is 16.8 Å². The number of para-hydroxylation sites is 1. The van der Waals surface area contributed by atoms with Crippen LogP contribution >= 0.6 is 11.3 Å². The minimum Gasteiger partial charge on any atom is -0.494 e. The summed E-state index contributed by atoms with van der Waals surface area (Å²) in [6.45, 7) is 0. The van der Waals surface area contributed by atoms with E-state index in [9.17, 15) is 9.59 Å². The molecule has 2 N–H and O–H groups in total. The van der Waals surface area contributed by atoms with Crippen molar-refractivity contribution in [1.29, 1.82) is 0 Å². The maximum absolute atomic E-state index is 12.5.